The van der Waals surface area contributed by atoms with E-state index in [-0.39, 0.29) is 22.8 Å². The maximum Gasteiger partial charge on any atom is 0.215 e. The van der Waals surface area contributed by atoms with Crippen molar-refractivity contribution in [1.29, 1.82) is 0 Å². The number of methoxy groups -OCH3 is 1. The van der Waals surface area contributed by atoms with E-state index in [4.69, 9.17) is 9.26 Å². The van der Waals surface area contributed by atoms with Crippen LogP contribution in [0.2, 0.25) is 0 Å². The van der Waals surface area contributed by atoms with E-state index in [0.717, 1.165) is 0 Å². The van der Waals surface area contributed by atoms with Crippen molar-refractivity contribution in [2.75, 3.05) is 7.11 Å². The Bertz CT molecular complexity index is 803. The molecular formula is C16H11NO4S. The molecular weight excluding hydrogens is 302 g/mol. The van der Waals surface area contributed by atoms with Crippen LogP contribution in [-0.2, 0) is 0 Å². The molecule has 5 nitrogen and oxygen atoms in total. The fourth-order valence-electron chi connectivity index (χ4n) is 1.98. The van der Waals surface area contributed by atoms with E-state index in [1.807, 2.05) is 0 Å². The molecule has 22 heavy (non-hydrogen) atoms. The van der Waals surface area contributed by atoms with Crippen LogP contribution in [0.4, 0.5) is 0 Å². The number of ether oxygens (including phenoxy) is 1. The molecule has 0 aliphatic heterocycles. The van der Waals surface area contributed by atoms with Gasteiger partial charge in [0.15, 0.2) is 5.69 Å². The van der Waals surface area contributed by atoms with Crippen LogP contribution in [0, 0.1) is 0 Å². The molecule has 3 rings (SSSR count). The fraction of sp³-hybridized carbons (Fsp3) is 0.0625. The molecule has 0 saturated heterocycles. The molecule has 0 N–H and O–H groups in total. The lowest BCUT2D eigenvalue weighted by Crippen LogP contribution is -2.09. The van der Waals surface area contributed by atoms with Gasteiger partial charge in [0.2, 0.25) is 11.6 Å². The molecule has 0 unspecified atom stereocenters. The highest BCUT2D eigenvalue weighted by Crippen LogP contribution is 2.21. The zero-order chi connectivity index (χ0) is 15.5. The summed E-state index contributed by atoms with van der Waals surface area (Å²) in [6, 6.07) is 10.1. The molecule has 0 spiro atoms. The summed E-state index contributed by atoms with van der Waals surface area (Å²) in [5, 5.41) is 5.49. The summed E-state index contributed by atoms with van der Waals surface area (Å²) in [5.41, 5.74) is 0.599. The molecule has 0 fully saturated rings. The Morgan fingerprint density at radius 3 is 2.55 bits per heavy atom. The number of aromatic nitrogens is 1. The molecule has 2 aromatic heterocycles. The largest absolute Gasteiger partial charge is 0.497 e. The molecule has 110 valence electrons. The summed E-state index contributed by atoms with van der Waals surface area (Å²) in [6.07, 6.45) is 1.21. The Labute approximate surface area is 130 Å². The minimum Gasteiger partial charge on any atom is -0.497 e. The van der Waals surface area contributed by atoms with Crippen LogP contribution in [0.3, 0.4) is 0 Å². The van der Waals surface area contributed by atoms with Gasteiger partial charge in [-0.15, -0.1) is 11.3 Å². The lowest BCUT2D eigenvalue weighted by molar-refractivity contribution is 0.100. The Morgan fingerprint density at radius 2 is 1.91 bits per heavy atom. The molecule has 2 heterocycles. The highest BCUT2D eigenvalue weighted by molar-refractivity contribution is 7.12. The van der Waals surface area contributed by atoms with Gasteiger partial charge in [0, 0.05) is 5.56 Å². The number of rotatable bonds is 5. The van der Waals surface area contributed by atoms with Crippen LogP contribution in [0.5, 0.6) is 5.75 Å². The number of hydrogen-bond acceptors (Lipinski definition) is 6. The second-order valence-corrected chi connectivity index (χ2v) is 5.39. The average molecular weight is 313 g/mol. The van der Waals surface area contributed by atoms with Gasteiger partial charge in [0.1, 0.15) is 12.0 Å². The third kappa shape index (κ3) is 2.56. The Hall–Kier alpha value is -2.73. The second kappa shape index (κ2) is 5.95. The van der Waals surface area contributed by atoms with Gasteiger partial charge in [-0.2, -0.15) is 0 Å². The van der Waals surface area contributed by atoms with Crippen molar-refractivity contribution in [3.05, 3.63) is 69.7 Å². The Morgan fingerprint density at radius 1 is 1.14 bits per heavy atom. The number of carbonyl (C=O) groups excluding carboxylic acids is 2. The van der Waals surface area contributed by atoms with Crippen LogP contribution in [-0.4, -0.2) is 23.8 Å². The molecule has 0 bridgehead atoms. The fourth-order valence-corrected chi connectivity index (χ4v) is 2.66. The summed E-state index contributed by atoms with van der Waals surface area (Å²) in [6.45, 7) is 0. The SMILES string of the molecule is COc1ccc(C(=O)c2nocc2C(=O)c2cccs2)cc1. The lowest BCUT2D eigenvalue weighted by Gasteiger charge is -2.02. The first-order valence-electron chi connectivity index (χ1n) is 6.42. The van der Waals surface area contributed by atoms with Gasteiger partial charge in [0.25, 0.3) is 0 Å². The first-order valence-corrected chi connectivity index (χ1v) is 7.30. The molecule has 3 aromatic rings. The average Bonchev–Trinajstić information content (AvgIpc) is 3.25. The minimum atomic E-state index is -0.365. The maximum absolute atomic E-state index is 12.5. The summed E-state index contributed by atoms with van der Waals surface area (Å²) >= 11 is 1.30. The number of benzene rings is 1. The van der Waals surface area contributed by atoms with E-state index in [0.29, 0.717) is 16.2 Å². The predicted molar refractivity (Wildman–Crippen MR) is 80.7 cm³/mol. The summed E-state index contributed by atoms with van der Waals surface area (Å²) < 4.78 is 9.89. The van der Waals surface area contributed by atoms with E-state index in [1.165, 1.54) is 17.6 Å². The van der Waals surface area contributed by atoms with E-state index in [2.05, 4.69) is 5.16 Å². The highest BCUT2D eigenvalue weighted by atomic mass is 32.1. The standard InChI is InChI=1S/C16H11NO4S/c1-20-11-6-4-10(5-7-11)15(18)14-12(9-21-17-14)16(19)13-3-2-8-22-13/h2-9H,1H3. The molecule has 0 saturated carbocycles. The summed E-state index contributed by atoms with van der Waals surface area (Å²) in [4.78, 5) is 25.4. The monoisotopic (exact) mass is 313 g/mol. The number of carbonyl (C=O) groups is 2. The van der Waals surface area contributed by atoms with E-state index >= 15 is 0 Å². The van der Waals surface area contributed by atoms with Gasteiger partial charge >= 0.3 is 0 Å². The first-order chi connectivity index (χ1) is 10.7. The third-order valence-corrected chi connectivity index (χ3v) is 4.00. The van der Waals surface area contributed by atoms with Gasteiger partial charge in [-0.25, -0.2) is 0 Å². The van der Waals surface area contributed by atoms with Crippen molar-refractivity contribution in [1.82, 2.24) is 5.16 Å². The Kier molecular flexibility index (Phi) is 3.84. The minimum absolute atomic E-state index is 0.0172. The van der Waals surface area contributed by atoms with Crippen LogP contribution in [0.25, 0.3) is 0 Å². The van der Waals surface area contributed by atoms with Crippen molar-refractivity contribution in [2.24, 2.45) is 0 Å². The zero-order valence-electron chi connectivity index (χ0n) is 11.6. The van der Waals surface area contributed by atoms with Crippen LogP contribution >= 0.6 is 11.3 Å². The highest BCUT2D eigenvalue weighted by Gasteiger charge is 2.24. The number of hydrogen-bond donors (Lipinski definition) is 0. The van der Waals surface area contributed by atoms with Crippen molar-refractivity contribution >= 4 is 22.9 Å². The van der Waals surface area contributed by atoms with Gasteiger partial charge in [-0.3, -0.25) is 9.59 Å². The van der Waals surface area contributed by atoms with Crippen molar-refractivity contribution in [3.63, 3.8) is 0 Å². The lowest BCUT2D eigenvalue weighted by atomic mass is 10.0. The van der Waals surface area contributed by atoms with E-state index in [1.54, 1.807) is 48.9 Å². The van der Waals surface area contributed by atoms with Crippen molar-refractivity contribution in [3.8, 4) is 5.75 Å². The first kappa shape index (κ1) is 14.2. The zero-order valence-corrected chi connectivity index (χ0v) is 12.4. The van der Waals surface area contributed by atoms with Gasteiger partial charge < -0.3 is 9.26 Å². The molecule has 0 aliphatic rings. The van der Waals surface area contributed by atoms with Crippen LogP contribution in [0.1, 0.15) is 31.3 Å². The van der Waals surface area contributed by atoms with Crippen LogP contribution < -0.4 is 4.74 Å². The molecule has 0 aliphatic carbocycles. The smallest absolute Gasteiger partial charge is 0.215 e. The third-order valence-electron chi connectivity index (χ3n) is 3.13. The van der Waals surface area contributed by atoms with Crippen LogP contribution in [0.15, 0.2) is 52.6 Å². The maximum atomic E-state index is 12.5. The Balaban J connectivity index is 1.93. The number of thiophene rings is 1. The van der Waals surface area contributed by atoms with E-state index < -0.39 is 0 Å². The second-order valence-electron chi connectivity index (χ2n) is 4.44. The molecule has 6 heteroatoms. The predicted octanol–water partition coefficient (Wildman–Crippen LogP) is 3.21. The molecule has 0 atom stereocenters. The normalized spacial score (nSPS) is 10.4. The molecule has 1 aromatic carbocycles. The summed E-state index contributed by atoms with van der Waals surface area (Å²) in [7, 11) is 1.55. The van der Waals surface area contributed by atoms with Gasteiger partial charge in [-0.05, 0) is 35.7 Å². The molecule has 0 amide bonds. The van der Waals surface area contributed by atoms with Crippen molar-refractivity contribution in [2.45, 2.75) is 0 Å². The quantitative estimate of drug-likeness (QED) is 0.677. The van der Waals surface area contributed by atoms with E-state index in [9.17, 15) is 9.59 Å². The number of ketones is 2. The van der Waals surface area contributed by atoms with Gasteiger partial charge in [-0.1, -0.05) is 11.2 Å². The molecule has 0 radical (unpaired) electrons. The number of nitrogens with zero attached hydrogens (tertiary/aromatic N) is 1. The van der Waals surface area contributed by atoms with Gasteiger partial charge in [0.05, 0.1) is 17.6 Å². The van der Waals surface area contributed by atoms with Crippen molar-refractivity contribution < 1.29 is 18.8 Å². The summed E-state index contributed by atoms with van der Waals surface area (Å²) in [5.74, 6) is 0.0102. The topological polar surface area (TPSA) is 69.4 Å².